The first-order valence-corrected chi connectivity index (χ1v) is 10.9. The molecule has 0 aromatic heterocycles. The Hall–Kier alpha value is -1.80. The molecule has 3 rings (SSSR count). The van der Waals surface area contributed by atoms with Gasteiger partial charge in [0.2, 0.25) is 15.9 Å². The van der Waals surface area contributed by atoms with Crippen LogP contribution in [0.15, 0.2) is 23.1 Å². The molecule has 7 nitrogen and oxygen atoms in total. The second kappa shape index (κ2) is 8.48. The topological polar surface area (TPSA) is 76.2 Å². The fourth-order valence-corrected chi connectivity index (χ4v) is 5.32. The summed E-state index contributed by atoms with van der Waals surface area (Å²) in [4.78, 5) is 14.7. The molecule has 8 heteroatoms. The molecule has 1 saturated carbocycles. The third kappa shape index (κ3) is 4.21. The predicted molar refractivity (Wildman–Crippen MR) is 101 cm³/mol. The highest BCUT2D eigenvalue weighted by molar-refractivity contribution is 7.89. The van der Waals surface area contributed by atoms with Crippen molar-refractivity contribution in [2.24, 2.45) is 5.92 Å². The van der Waals surface area contributed by atoms with E-state index in [0.29, 0.717) is 37.7 Å². The number of ether oxygens (including phenoxy) is 2. The van der Waals surface area contributed by atoms with Gasteiger partial charge in [-0.1, -0.05) is 19.3 Å². The molecule has 0 radical (unpaired) electrons. The van der Waals surface area contributed by atoms with Gasteiger partial charge in [0.25, 0.3) is 0 Å². The van der Waals surface area contributed by atoms with Crippen LogP contribution < -0.4 is 9.47 Å². The Bertz CT molecular complexity index is 766. The number of hydrogen-bond acceptors (Lipinski definition) is 5. The second-order valence-electron chi connectivity index (χ2n) is 7.08. The molecular weight excluding hydrogens is 368 g/mol. The average molecular weight is 397 g/mol. The molecule has 150 valence electrons. The number of carbonyl (C=O) groups is 1. The van der Waals surface area contributed by atoms with Crippen molar-refractivity contribution in [3.8, 4) is 11.5 Å². The van der Waals surface area contributed by atoms with Crippen molar-refractivity contribution in [2.75, 3.05) is 40.4 Å². The molecule has 1 aromatic rings. The number of nitrogens with zero attached hydrogens (tertiary/aromatic N) is 2. The third-order valence-corrected chi connectivity index (χ3v) is 7.39. The summed E-state index contributed by atoms with van der Waals surface area (Å²) in [5.74, 6) is 1.18. The normalized spacial score (nSPS) is 19.7. The van der Waals surface area contributed by atoms with Crippen LogP contribution in [0.2, 0.25) is 0 Å². The molecule has 0 unspecified atom stereocenters. The lowest BCUT2D eigenvalue weighted by Gasteiger charge is -2.36. The standard InChI is InChI=1S/C19H28N2O5S/c1-25-17-9-8-16(14-18(17)26-2)27(23,24)21-12-10-20(11-13-21)19(22)15-6-4-3-5-7-15/h8-9,14-15H,3-7,10-13H2,1-2H3. The third-order valence-electron chi connectivity index (χ3n) is 5.50. The number of amides is 1. The summed E-state index contributed by atoms with van der Waals surface area (Å²) in [6.07, 6.45) is 5.36. The number of rotatable bonds is 5. The maximum atomic E-state index is 13.0. The molecule has 27 heavy (non-hydrogen) atoms. The van der Waals surface area contributed by atoms with Crippen molar-refractivity contribution < 1.29 is 22.7 Å². The first-order chi connectivity index (χ1) is 13.0. The van der Waals surface area contributed by atoms with Gasteiger partial charge in [-0.15, -0.1) is 0 Å². The fraction of sp³-hybridized carbons (Fsp3) is 0.632. The molecule has 1 saturated heterocycles. The van der Waals surface area contributed by atoms with Gasteiger partial charge < -0.3 is 14.4 Å². The zero-order valence-electron chi connectivity index (χ0n) is 16.0. The van der Waals surface area contributed by atoms with Gasteiger partial charge in [-0.05, 0) is 25.0 Å². The molecular formula is C19H28N2O5S. The van der Waals surface area contributed by atoms with E-state index in [-0.39, 0.29) is 16.7 Å². The Morgan fingerprint density at radius 1 is 0.963 bits per heavy atom. The summed E-state index contributed by atoms with van der Waals surface area (Å²) in [7, 11) is -0.649. The molecule has 1 amide bonds. The molecule has 2 aliphatic rings. The van der Waals surface area contributed by atoms with Gasteiger partial charge >= 0.3 is 0 Å². The summed E-state index contributed by atoms with van der Waals surface area (Å²) in [6.45, 7) is 1.52. The monoisotopic (exact) mass is 396 g/mol. The van der Waals surface area contributed by atoms with Gasteiger partial charge in [-0.25, -0.2) is 8.42 Å². The van der Waals surface area contributed by atoms with Gasteiger partial charge in [0.1, 0.15) is 0 Å². The molecule has 0 bridgehead atoms. The smallest absolute Gasteiger partial charge is 0.243 e. The molecule has 1 aromatic carbocycles. The van der Waals surface area contributed by atoms with Crippen molar-refractivity contribution >= 4 is 15.9 Å². The number of hydrogen-bond donors (Lipinski definition) is 0. The first kappa shape index (κ1) is 19.9. The van der Waals surface area contributed by atoms with E-state index in [2.05, 4.69) is 0 Å². The van der Waals surface area contributed by atoms with Crippen LogP contribution in [0.5, 0.6) is 11.5 Å². The van der Waals surface area contributed by atoms with Gasteiger partial charge in [0.15, 0.2) is 11.5 Å². The lowest BCUT2D eigenvalue weighted by atomic mass is 9.88. The zero-order valence-corrected chi connectivity index (χ0v) is 16.8. The van der Waals surface area contributed by atoms with Crippen LogP contribution in [0.4, 0.5) is 0 Å². The van der Waals surface area contributed by atoms with E-state index in [1.54, 1.807) is 6.07 Å². The lowest BCUT2D eigenvalue weighted by molar-refractivity contribution is -0.137. The van der Waals surface area contributed by atoms with Crippen molar-refractivity contribution in [3.63, 3.8) is 0 Å². The largest absolute Gasteiger partial charge is 0.493 e. The van der Waals surface area contributed by atoms with Crippen LogP contribution in [0, 0.1) is 5.92 Å². The van der Waals surface area contributed by atoms with Crippen LogP contribution in [-0.2, 0) is 14.8 Å². The Morgan fingerprint density at radius 3 is 2.19 bits per heavy atom. The number of methoxy groups -OCH3 is 2. The maximum absolute atomic E-state index is 13.0. The van der Waals surface area contributed by atoms with E-state index in [0.717, 1.165) is 25.7 Å². The van der Waals surface area contributed by atoms with E-state index in [9.17, 15) is 13.2 Å². The lowest BCUT2D eigenvalue weighted by Crippen LogP contribution is -2.52. The van der Waals surface area contributed by atoms with Crippen molar-refractivity contribution in [1.82, 2.24) is 9.21 Å². The summed E-state index contributed by atoms with van der Waals surface area (Å²) < 4.78 is 37.7. The molecule has 2 fully saturated rings. The van der Waals surface area contributed by atoms with Crippen molar-refractivity contribution in [1.29, 1.82) is 0 Å². The quantitative estimate of drug-likeness (QED) is 0.762. The Labute approximate surface area is 161 Å². The Balaban J connectivity index is 1.67. The van der Waals surface area contributed by atoms with E-state index in [1.807, 2.05) is 4.90 Å². The maximum Gasteiger partial charge on any atom is 0.243 e. The predicted octanol–water partition coefficient (Wildman–Crippen LogP) is 2.12. The minimum absolute atomic E-state index is 0.118. The van der Waals surface area contributed by atoms with Gasteiger partial charge in [-0.2, -0.15) is 4.31 Å². The molecule has 0 spiro atoms. The Kier molecular flexibility index (Phi) is 6.26. The summed E-state index contributed by atoms with van der Waals surface area (Å²) in [6, 6.07) is 4.60. The van der Waals surface area contributed by atoms with Crippen LogP contribution in [0.3, 0.4) is 0 Å². The highest BCUT2D eigenvalue weighted by Gasteiger charge is 2.33. The molecule has 1 heterocycles. The van der Waals surface area contributed by atoms with Crippen LogP contribution in [-0.4, -0.2) is 63.9 Å². The molecule has 1 aliphatic carbocycles. The highest BCUT2D eigenvalue weighted by atomic mass is 32.2. The Morgan fingerprint density at radius 2 is 1.59 bits per heavy atom. The van der Waals surface area contributed by atoms with Crippen molar-refractivity contribution in [3.05, 3.63) is 18.2 Å². The van der Waals surface area contributed by atoms with E-state index in [4.69, 9.17) is 9.47 Å². The summed E-state index contributed by atoms with van der Waals surface area (Å²) >= 11 is 0. The summed E-state index contributed by atoms with van der Waals surface area (Å²) in [5, 5.41) is 0. The number of carbonyl (C=O) groups excluding carboxylic acids is 1. The van der Waals surface area contributed by atoms with Crippen LogP contribution in [0.25, 0.3) is 0 Å². The number of sulfonamides is 1. The number of piperazine rings is 1. The first-order valence-electron chi connectivity index (χ1n) is 9.48. The van der Waals surface area contributed by atoms with E-state index >= 15 is 0 Å². The molecule has 0 N–H and O–H groups in total. The van der Waals surface area contributed by atoms with Gasteiger partial charge in [0.05, 0.1) is 19.1 Å². The average Bonchev–Trinajstić information content (AvgIpc) is 2.73. The second-order valence-corrected chi connectivity index (χ2v) is 9.02. The zero-order chi connectivity index (χ0) is 19.4. The van der Waals surface area contributed by atoms with E-state index in [1.165, 1.54) is 37.1 Å². The minimum atomic E-state index is -3.63. The molecule has 1 aliphatic heterocycles. The van der Waals surface area contributed by atoms with Gasteiger partial charge in [0, 0.05) is 38.2 Å². The minimum Gasteiger partial charge on any atom is -0.493 e. The SMILES string of the molecule is COc1ccc(S(=O)(=O)N2CCN(C(=O)C3CCCCC3)CC2)cc1OC. The highest BCUT2D eigenvalue weighted by Crippen LogP contribution is 2.31. The van der Waals surface area contributed by atoms with Crippen molar-refractivity contribution in [2.45, 2.75) is 37.0 Å². The van der Waals surface area contributed by atoms with Gasteiger partial charge in [-0.3, -0.25) is 4.79 Å². The number of benzene rings is 1. The van der Waals surface area contributed by atoms with Crippen LogP contribution in [0.1, 0.15) is 32.1 Å². The fourth-order valence-electron chi connectivity index (χ4n) is 3.88. The molecule has 0 atom stereocenters. The van der Waals surface area contributed by atoms with Crippen LogP contribution >= 0.6 is 0 Å². The van der Waals surface area contributed by atoms with E-state index < -0.39 is 10.0 Å². The summed E-state index contributed by atoms with van der Waals surface area (Å²) in [5.41, 5.74) is 0.